The molecule has 0 aliphatic rings. The normalized spacial score (nSPS) is 10.5. The van der Waals surface area contributed by atoms with Gasteiger partial charge < -0.3 is 0 Å². The first-order chi connectivity index (χ1) is 8.08. The predicted octanol–water partition coefficient (Wildman–Crippen LogP) is 3.21. The summed E-state index contributed by atoms with van der Waals surface area (Å²) in [4.78, 5) is 10.4. The Balaban J connectivity index is 2.33. The molecular weight excluding hydrogens is 401 g/mol. The van der Waals surface area contributed by atoms with E-state index in [0.717, 1.165) is 9.13 Å². The summed E-state index contributed by atoms with van der Waals surface area (Å²) in [5.41, 5.74) is 0.906. The number of nitro groups is 1. The zero-order valence-corrected chi connectivity index (χ0v) is 12.3. The average molecular weight is 408 g/mol. The Kier molecular flexibility index (Phi) is 3.77. The monoisotopic (exact) mass is 407 g/mol. The van der Waals surface area contributed by atoms with Crippen molar-refractivity contribution in [2.24, 2.45) is 0 Å². The van der Waals surface area contributed by atoms with Gasteiger partial charge in [-0.3, -0.25) is 14.8 Å². The Morgan fingerprint density at radius 2 is 2.29 bits per heavy atom. The van der Waals surface area contributed by atoms with Crippen LogP contribution in [-0.4, -0.2) is 14.7 Å². The Hall–Kier alpha value is -0.960. The molecule has 0 unspecified atom stereocenters. The van der Waals surface area contributed by atoms with Crippen molar-refractivity contribution in [3.63, 3.8) is 0 Å². The minimum atomic E-state index is -0.402. The van der Waals surface area contributed by atoms with E-state index >= 15 is 0 Å². The Labute approximate surface area is 119 Å². The fourth-order valence-corrected chi connectivity index (χ4v) is 2.41. The molecule has 1 aromatic carbocycles. The second-order valence-electron chi connectivity index (χ2n) is 3.36. The highest BCUT2D eigenvalue weighted by molar-refractivity contribution is 14.1. The molecule has 2 rings (SSSR count). The molecule has 0 saturated carbocycles. The van der Waals surface area contributed by atoms with Gasteiger partial charge in [0.2, 0.25) is 0 Å². The van der Waals surface area contributed by atoms with E-state index < -0.39 is 4.92 Å². The third-order valence-electron chi connectivity index (χ3n) is 2.19. The average Bonchev–Trinajstić information content (AvgIpc) is 2.67. The van der Waals surface area contributed by atoms with Crippen LogP contribution in [0, 0.1) is 13.7 Å². The molecule has 0 spiro atoms. The van der Waals surface area contributed by atoms with Gasteiger partial charge in [-0.2, -0.15) is 5.10 Å². The van der Waals surface area contributed by atoms with Crippen LogP contribution in [0.1, 0.15) is 5.56 Å². The molecule has 5 nitrogen and oxygen atoms in total. The van der Waals surface area contributed by atoms with Crippen LogP contribution in [0.25, 0.3) is 0 Å². The van der Waals surface area contributed by atoms with Crippen molar-refractivity contribution in [2.45, 2.75) is 6.54 Å². The van der Waals surface area contributed by atoms with E-state index in [4.69, 9.17) is 0 Å². The molecule has 2 aromatic rings. The maximum absolute atomic E-state index is 10.8. The van der Waals surface area contributed by atoms with Crippen molar-refractivity contribution in [3.05, 3.63) is 54.3 Å². The van der Waals surface area contributed by atoms with Crippen molar-refractivity contribution >= 4 is 44.2 Å². The molecule has 0 amide bonds. The first-order valence-electron chi connectivity index (χ1n) is 4.67. The van der Waals surface area contributed by atoms with Crippen molar-refractivity contribution in [2.75, 3.05) is 0 Å². The SMILES string of the molecule is O=[N+]([O-])c1cccc(Cn2cc(I)cn2)c1Br. The molecule has 17 heavy (non-hydrogen) atoms. The molecule has 0 atom stereocenters. The van der Waals surface area contributed by atoms with Gasteiger partial charge in [0.25, 0.3) is 5.69 Å². The Morgan fingerprint density at radius 3 is 2.88 bits per heavy atom. The molecule has 0 radical (unpaired) electrons. The standard InChI is InChI=1S/C10H7BrIN3O2/c11-10-7(2-1-3-9(10)15(16)17)5-14-6-8(12)4-13-14/h1-4,6H,5H2. The molecule has 1 heterocycles. The largest absolute Gasteiger partial charge is 0.283 e. The maximum atomic E-state index is 10.8. The van der Waals surface area contributed by atoms with Gasteiger partial charge in [0.15, 0.2) is 0 Å². The van der Waals surface area contributed by atoms with Gasteiger partial charge in [-0.15, -0.1) is 0 Å². The third-order valence-corrected chi connectivity index (χ3v) is 3.66. The van der Waals surface area contributed by atoms with E-state index in [0.29, 0.717) is 11.0 Å². The first kappa shape index (κ1) is 12.5. The van der Waals surface area contributed by atoms with Crippen LogP contribution in [0.15, 0.2) is 35.1 Å². The van der Waals surface area contributed by atoms with Crippen molar-refractivity contribution < 1.29 is 4.92 Å². The molecule has 7 heteroatoms. The van der Waals surface area contributed by atoms with Gasteiger partial charge >= 0.3 is 0 Å². The van der Waals surface area contributed by atoms with E-state index in [1.54, 1.807) is 16.9 Å². The van der Waals surface area contributed by atoms with E-state index in [2.05, 4.69) is 43.6 Å². The fraction of sp³-hybridized carbons (Fsp3) is 0.100. The van der Waals surface area contributed by atoms with E-state index in [-0.39, 0.29) is 5.69 Å². The van der Waals surface area contributed by atoms with Gasteiger partial charge in [0.1, 0.15) is 4.47 Å². The number of halogens is 2. The summed E-state index contributed by atoms with van der Waals surface area (Å²) in [6, 6.07) is 4.98. The number of hydrogen-bond acceptors (Lipinski definition) is 3. The molecular formula is C10H7BrIN3O2. The Bertz CT molecular complexity index is 570. The summed E-state index contributed by atoms with van der Waals surface area (Å²) in [5, 5.41) is 14.9. The van der Waals surface area contributed by atoms with Crippen LogP contribution in [0.3, 0.4) is 0 Å². The maximum Gasteiger partial charge on any atom is 0.283 e. The smallest absolute Gasteiger partial charge is 0.267 e. The van der Waals surface area contributed by atoms with Crippen LogP contribution in [0.2, 0.25) is 0 Å². The van der Waals surface area contributed by atoms with Crippen molar-refractivity contribution in [1.29, 1.82) is 0 Å². The minimum absolute atomic E-state index is 0.0735. The van der Waals surface area contributed by atoms with E-state index in [1.807, 2.05) is 12.3 Å². The van der Waals surface area contributed by atoms with Crippen LogP contribution in [-0.2, 0) is 6.54 Å². The lowest BCUT2D eigenvalue weighted by atomic mass is 10.2. The zero-order valence-electron chi connectivity index (χ0n) is 8.51. The van der Waals surface area contributed by atoms with E-state index in [9.17, 15) is 10.1 Å². The highest BCUT2D eigenvalue weighted by atomic mass is 127. The summed E-state index contributed by atoms with van der Waals surface area (Å²) < 4.78 is 3.28. The van der Waals surface area contributed by atoms with Crippen LogP contribution >= 0.6 is 38.5 Å². The summed E-state index contributed by atoms with van der Waals surface area (Å²) in [6.07, 6.45) is 3.62. The number of benzene rings is 1. The summed E-state index contributed by atoms with van der Waals surface area (Å²) in [7, 11) is 0. The highest BCUT2D eigenvalue weighted by Gasteiger charge is 2.14. The van der Waals surface area contributed by atoms with Crippen LogP contribution in [0.4, 0.5) is 5.69 Å². The number of nitrogens with zero attached hydrogens (tertiary/aromatic N) is 3. The molecule has 88 valence electrons. The summed E-state index contributed by atoms with van der Waals surface area (Å²) in [5.74, 6) is 0. The Morgan fingerprint density at radius 1 is 1.53 bits per heavy atom. The molecule has 1 aromatic heterocycles. The highest BCUT2D eigenvalue weighted by Crippen LogP contribution is 2.28. The predicted molar refractivity (Wildman–Crippen MR) is 74.8 cm³/mol. The second-order valence-corrected chi connectivity index (χ2v) is 5.40. The fourth-order valence-electron chi connectivity index (χ4n) is 1.43. The van der Waals surface area contributed by atoms with Gasteiger partial charge in [-0.25, -0.2) is 0 Å². The van der Waals surface area contributed by atoms with Gasteiger partial charge in [-0.1, -0.05) is 12.1 Å². The number of rotatable bonds is 3. The quantitative estimate of drug-likeness (QED) is 0.446. The molecule has 0 aliphatic heterocycles. The lowest BCUT2D eigenvalue weighted by molar-refractivity contribution is -0.385. The number of aromatic nitrogens is 2. The van der Waals surface area contributed by atoms with Crippen molar-refractivity contribution in [3.8, 4) is 0 Å². The zero-order chi connectivity index (χ0) is 12.4. The number of hydrogen-bond donors (Lipinski definition) is 0. The minimum Gasteiger partial charge on any atom is -0.267 e. The molecule has 0 N–H and O–H groups in total. The molecule has 0 fully saturated rings. The molecule has 0 bridgehead atoms. The number of nitro benzene ring substituents is 1. The van der Waals surface area contributed by atoms with Crippen molar-refractivity contribution in [1.82, 2.24) is 9.78 Å². The lowest BCUT2D eigenvalue weighted by Gasteiger charge is -2.04. The second kappa shape index (κ2) is 5.13. The first-order valence-corrected chi connectivity index (χ1v) is 6.55. The summed E-state index contributed by atoms with van der Waals surface area (Å²) >= 11 is 5.43. The van der Waals surface area contributed by atoms with Gasteiger partial charge in [0, 0.05) is 12.3 Å². The van der Waals surface area contributed by atoms with Gasteiger partial charge in [-0.05, 0) is 44.1 Å². The third kappa shape index (κ3) is 2.83. The lowest BCUT2D eigenvalue weighted by Crippen LogP contribution is -2.02. The van der Waals surface area contributed by atoms with Crippen LogP contribution < -0.4 is 0 Å². The van der Waals surface area contributed by atoms with Crippen LogP contribution in [0.5, 0.6) is 0 Å². The molecule has 0 aliphatic carbocycles. The van der Waals surface area contributed by atoms with E-state index in [1.165, 1.54) is 6.07 Å². The summed E-state index contributed by atoms with van der Waals surface area (Å²) in [6.45, 7) is 0.505. The molecule has 0 saturated heterocycles. The van der Waals surface area contributed by atoms with Gasteiger partial charge in [0.05, 0.1) is 21.2 Å². The topological polar surface area (TPSA) is 61.0 Å².